The van der Waals surface area contributed by atoms with E-state index in [0.29, 0.717) is 11.0 Å². The third-order valence-electron chi connectivity index (χ3n) is 2.45. The number of hydrogen-bond acceptors (Lipinski definition) is 4. The van der Waals surface area contributed by atoms with Gasteiger partial charge in [0.2, 0.25) is 5.95 Å². The second-order valence-corrected chi connectivity index (χ2v) is 4.03. The van der Waals surface area contributed by atoms with Gasteiger partial charge >= 0.3 is 0 Å². The van der Waals surface area contributed by atoms with Gasteiger partial charge in [-0.2, -0.15) is 0 Å². The van der Waals surface area contributed by atoms with E-state index in [2.05, 4.69) is 15.4 Å². The first kappa shape index (κ1) is 11.8. The monoisotopic (exact) mass is 252 g/mol. The topological polar surface area (TPSA) is 76.0 Å². The van der Waals surface area contributed by atoms with Crippen LogP contribution in [0, 0.1) is 6.92 Å². The molecule has 0 amide bonds. The molecule has 0 aliphatic carbocycles. The summed E-state index contributed by atoms with van der Waals surface area (Å²) < 4.78 is 5.37. The molecule has 5 nitrogen and oxygen atoms in total. The zero-order valence-electron chi connectivity index (χ0n) is 9.54. The van der Waals surface area contributed by atoms with Crippen molar-refractivity contribution in [2.45, 2.75) is 6.92 Å². The number of anilines is 1. The summed E-state index contributed by atoms with van der Waals surface area (Å²) in [6, 6.07) is 3.67. The lowest BCUT2D eigenvalue weighted by atomic mass is 10.1. The summed E-state index contributed by atoms with van der Waals surface area (Å²) in [6.07, 6.45) is 1.67. The number of halogens is 1. The number of H-pyrrole nitrogens is 1. The van der Waals surface area contributed by atoms with Crippen LogP contribution >= 0.6 is 11.6 Å². The SMILES string of the molecule is COc1c(C)cc(Cl)cc1-c1cnc(NN)[nH]1. The predicted molar refractivity (Wildman–Crippen MR) is 68.1 cm³/mol. The first-order valence-electron chi connectivity index (χ1n) is 5.02. The number of nitrogens with zero attached hydrogens (tertiary/aromatic N) is 1. The molecule has 1 aromatic heterocycles. The number of methoxy groups -OCH3 is 1. The molecule has 0 spiro atoms. The van der Waals surface area contributed by atoms with Gasteiger partial charge in [0.05, 0.1) is 19.0 Å². The van der Waals surface area contributed by atoms with Crippen molar-refractivity contribution in [3.8, 4) is 17.0 Å². The molecular weight excluding hydrogens is 240 g/mol. The number of nitrogen functional groups attached to an aromatic ring is 1. The minimum Gasteiger partial charge on any atom is -0.496 e. The van der Waals surface area contributed by atoms with Crippen molar-refractivity contribution in [3.05, 3.63) is 28.9 Å². The molecule has 0 saturated carbocycles. The van der Waals surface area contributed by atoms with Gasteiger partial charge in [0, 0.05) is 10.6 Å². The Kier molecular flexibility index (Phi) is 3.21. The van der Waals surface area contributed by atoms with Crippen molar-refractivity contribution in [3.63, 3.8) is 0 Å². The van der Waals surface area contributed by atoms with Gasteiger partial charge in [-0.05, 0) is 24.6 Å². The minimum absolute atomic E-state index is 0.486. The van der Waals surface area contributed by atoms with Crippen LogP contribution in [0.4, 0.5) is 5.95 Å². The molecular formula is C11H13ClN4O. The predicted octanol–water partition coefficient (Wildman–Crippen LogP) is 2.33. The Morgan fingerprint density at radius 2 is 2.24 bits per heavy atom. The third kappa shape index (κ3) is 2.20. The lowest BCUT2D eigenvalue weighted by Gasteiger charge is -2.10. The van der Waals surface area contributed by atoms with Crippen LogP contribution in [-0.2, 0) is 0 Å². The summed E-state index contributed by atoms with van der Waals surface area (Å²) in [4.78, 5) is 7.08. The first-order valence-corrected chi connectivity index (χ1v) is 5.39. The highest BCUT2D eigenvalue weighted by Gasteiger charge is 2.12. The number of aryl methyl sites for hydroxylation is 1. The van der Waals surface area contributed by atoms with Crippen LogP contribution in [0.15, 0.2) is 18.3 Å². The molecule has 0 fully saturated rings. The molecule has 0 saturated heterocycles. The summed E-state index contributed by atoms with van der Waals surface area (Å²) >= 11 is 6.04. The Balaban J connectivity index is 2.57. The van der Waals surface area contributed by atoms with Crippen molar-refractivity contribution >= 4 is 17.5 Å². The summed E-state index contributed by atoms with van der Waals surface area (Å²) in [7, 11) is 1.62. The molecule has 0 unspecified atom stereocenters. The zero-order chi connectivity index (χ0) is 12.4. The van der Waals surface area contributed by atoms with Gasteiger partial charge in [-0.3, -0.25) is 5.43 Å². The van der Waals surface area contributed by atoms with Gasteiger partial charge in [-0.1, -0.05) is 11.6 Å². The molecule has 2 aromatic rings. The number of hydrazine groups is 1. The second-order valence-electron chi connectivity index (χ2n) is 3.59. The van der Waals surface area contributed by atoms with Crippen molar-refractivity contribution in [2.75, 3.05) is 12.5 Å². The molecule has 0 aliphatic rings. The first-order chi connectivity index (χ1) is 8.15. The Bertz CT molecular complexity index is 538. The summed E-state index contributed by atoms with van der Waals surface area (Å²) in [5, 5.41) is 0.648. The Morgan fingerprint density at radius 3 is 2.82 bits per heavy atom. The van der Waals surface area contributed by atoms with Crippen molar-refractivity contribution < 1.29 is 4.74 Å². The largest absolute Gasteiger partial charge is 0.496 e. The van der Waals surface area contributed by atoms with Crippen molar-refractivity contribution in [2.24, 2.45) is 5.84 Å². The molecule has 6 heteroatoms. The van der Waals surface area contributed by atoms with E-state index >= 15 is 0 Å². The average Bonchev–Trinajstić information content (AvgIpc) is 2.76. The van der Waals surface area contributed by atoms with E-state index in [1.165, 1.54) is 0 Å². The fraction of sp³-hybridized carbons (Fsp3) is 0.182. The maximum absolute atomic E-state index is 6.04. The maximum Gasteiger partial charge on any atom is 0.215 e. The molecule has 1 aromatic carbocycles. The average molecular weight is 253 g/mol. The van der Waals surface area contributed by atoms with Crippen molar-refractivity contribution in [1.29, 1.82) is 0 Å². The van der Waals surface area contributed by atoms with Crippen LogP contribution < -0.4 is 16.0 Å². The third-order valence-corrected chi connectivity index (χ3v) is 2.66. The van der Waals surface area contributed by atoms with E-state index in [0.717, 1.165) is 22.6 Å². The fourth-order valence-corrected chi connectivity index (χ4v) is 2.01. The van der Waals surface area contributed by atoms with Crippen molar-refractivity contribution in [1.82, 2.24) is 9.97 Å². The van der Waals surface area contributed by atoms with Crippen LogP contribution in [0.2, 0.25) is 5.02 Å². The number of aromatic nitrogens is 2. The number of nitrogens with one attached hydrogen (secondary N) is 2. The molecule has 0 atom stereocenters. The highest BCUT2D eigenvalue weighted by Crippen LogP contribution is 2.34. The fourth-order valence-electron chi connectivity index (χ4n) is 1.73. The molecule has 4 N–H and O–H groups in total. The van der Waals surface area contributed by atoms with E-state index in [1.807, 2.05) is 19.1 Å². The van der Waals surface area contributed by atoms with E-state index in [-0.39, 0.29) is 0 Å². The summed E-state index contributed by atoms with van der Waals surface area (Å²) in [5.41, 5.74) is 5.05. The highest BCUT2D eigenvalue weighted by atomic mass is 35.5. The number of nitrogens with two attached hydrogens (primary N) is 1. The number of aromatic amines is 1. The van der Waals surface area contributed by atoms with Gasteiger partial charge in [0.25, 0.3) is 0 Å². The normalized spacial score (nSPS) is 10.4. The molecule has 90 valence electrons. The summed E-state index contributed by atoms with van der Waals surface area (Å²) in [6.45, 7) is 1.94. The van der Waals surface area contributed by atoms with E-state index < -0.39 is 0 Å². The van der Waals surface area contributed by atoms with Gasteiger partial charge in [-0.25, -0.2) is 10.8 Å². The van der Waals surface area contributed by atoms with E-state index in [4.69, 9.17) is 22.2 Å². The van der Waals surface area contributed by atoms with Crippen LogP contribution in [0.5, 0.6) is 5.75 Å². The van der Waals surface area contributed by atoms with Crippen LogP contribution in [0.25, 0.3) is 11.3 Å². The van der Waals surface area contributed by atoms with E-state index in [1.54, 1.807) is 13.3 Å². The number of hydrogen-bond donors (Lipinski definition) is 3. The quantitative estimate of drug-likeness (QED) is 0.579. The van der Waals surface area contributed by atoms with Gasteiger partial charge in [-0.15, -0.1) is 0 Å². The van der Waals surface area contributed by atoms with Gasteiger partial charge in [0.1, 0.15) is 5.75 Å². The molecule has 17 heavy (non-hydrogen) atoms. The molecule has 0 radical (unpaired) electrons. The maximum atomic E-state index is 6.04. The van der Waals surface area contributed by atoms with Gasteiger partial charge in [0.15, 0.2) is 0 Å². The van der Waals surface area contributed by atoms with Crippen LogP contribution in [0.3, 0.4) is 0 Å². The van der Waals surface area contributed by atoms with Crippen LogP contribution in [0.1, 0.15) is 5.56 Å². The van der Waals surface area contributed by atoms with E-state index in [9.17, 15) is 0 Å². The molecule has 0 bridgehead atoms. The lowest BCUT2D eigenvalue weighted by molar-refractivity contribution is 0.413. The van der Waals surface area contributed by atoms with Gasteiger partial charge < -0.3 is 9.72 Å². The molecule has 0 aliphatic heterocycles. The molecule has 2 rings (SSSR count). The summed E-state index contributed by atoms with van der Waals surface area (Å²) in [5.74, 6) is 6.52. The second kappa shape index (κ2) is 4.65. The smallest absolute Gasteiger partial charge is 0.215 e. The molecule has 1 heterocycles. The number of benzene rings is 1. The standard InChI is InChI=1S/C11H13ClN4O/c1-6-3-7(12)4-8(10(6)17-2)9-5-14-11(15-9)16-13/h3-5H,13H2,1-2H3,(H2,14,15,16). The minimum atomic E-state index is 0.486. The van der Waals surface area contributed by atoms with Crippen LogP contribution in [-0.4, -0.2) is 17.1 Å². The Labute approximate surface area is 104 Å². The number of ether oxygens (including phenoxy) is 1. The highest BCUT2D eigenvalue weighted by molar-refractivity contribution is 6.31. The lowest BCUT2D eigenvalue weighted by Crippen LogP contribution is -2.07. The Morgan fingerprint density at radius 1 is 1.47 bits per heavy atom. The number of imidazole rings is 1. The zero-order valence-corrected chi connectivity index (χ0v) is 10.3. The number of rotatable bonds is 3. The Hall–Kier alpha value is -1.72.